The van der Waals surface area contributed by atoms with E-state index in [1.165, 1.54) is 13.1 Å². The summed E-state index contributed by atoms with van der Waals surface area (Å²) in [5.74, 6) is -0.424. The van der Waals surface area contributed by atoms with E-state index in [0.29, 0.717) is 0 Å². The standard InChI is InChI=1S/C11H18N2O4/c1-11(2,3)17-10(16)13-6-7(14)5-8(13)9(15)12-4/h5,7,14H,6H2,1-4H3,(H,12,15)/t7-/m1/s1. The van der Waals surface area contributed by atoms with Gasteiger partial charge in [0.2, 0.25) is 0 Å². The molecule has 96 valence electrons. The number of hydrogen-bond acceptors (Lipinski definition) is 4. The van der Waals surface area contributed by atoms with Gasteiger partial charge < -0.3 is 15.2 Å². The summed E-state index contributed by atoms with van der Waals surface area (Å²) < 4.78 is 5.15. The summed E-state index contributed by atoms with van der Waals surface area (Å²) in [7, 11) is 1.46. The second-order valence-electron chi connectivity index (χ2n) is 4.79. The average molecular weight is 242 g/mol. The van der Waals surface area contributed by atoms with Gasteiger partial charge in [-0.1, -0.05) is 0 Å². The Labute approximate surface area is 100 Å². The number of amides is 2. The molecule has 6 nitrogen and oxygen atoms in total. The molecule has 1 rings (SSSR count). The van der Waals surface area contributed by atoms with Crippen molar-refractivity contribution in [3.05, 3.63) is 11.8 Å². The minimum atomic E-state index is -0.838. The Balaban J connectivity index is 2.81. The summed E-state index contributed by atoms with van der Waals surface area (Å²) in [6.07, 6.45) is -0.137. The molecule has 0 unspecified atom stereocenters. The molecule has 6 heteroatoms. The normalized spacial score (nSPS) is 19.9. The van der Waals surface area contributed by atoms with Crippen LogP contribution in [0.2, 0.25) is 0 Å². The fourth-order valence-electron chi connectivity index (χ4n) is 1.43. The zero-order valence-electron chi connectivity index (χ0n) is 10.5. The van der Waals surface area contributed by atoms with Crippen molar-refractivity contribution in [3.63, 3.8) is 0 Å². The quantitative estimate of drug-likeness (QED) is 0.690. The van der Waals surface area contributed by atoms with Crippen LogP contribution in [0.3, 0.4) is 0 Å². The van der Waals surface area contributed by atoms with Gasteiger partial charge in [-0.2, -0.15) is 0 Å². The Hall–Kier alpha value is -1.56. The van der Waals surface area contributed by atoms with Gasteiger partial charge in [-0.05, 0) is 26.8 Å². The van der Waals surface area contributed by atoms with Crippen molar-refractivity contribution in [2.75, 3.05) is 13.6 Å². The van der Waals surface area contributed by atoms with Crippen LogP contribution in [0.5, 0.6) is 0 Å². The third-order valence-corrected chi connectivity index (χ3v) is 2.08. The highest BCUT2D eigenvalue weighted by Gasteiger charge is 2.33. The Morgan fingerprint density at radius 1 is 1.53 bits per heavy atom. The summed E-state index contributed by atoms with van der Waals surface area (Å²) in [4.78, 5) is 24.4. The summed E-state index contributed by atoms with van der Waals surface area (Å²) >= 11 is 0. The smallest absolute Gasteiger partial charge is 0.415 e. The van der Waals surface area contributed by atoms with Crippen molar-refractivity contribution < 1.29 is 19.4 Å². The van der Waals surface area contributed by atoms with Crippen LogP contribution in [0.15, 0.2) is 11.8 Å². The summed E-state index contributed by atoms with van der Waals surface area (Å²) in [6.45, 7) is 5.25. The number of carbonyl (C=O) groups is 2. The van der Waals surface area contributed by atoms with Crippen LogP contribution in [-0.2, 0) is 9.53 Å². The van der Waals surface area contributed by atoms with Gasteiger partial charge in [-0.3, -0.25) is 9.69 Å². The van der Waals surface area contributed by atoms with Gasteiger partial charge >= 0.3 is 6.09 Å². The maximum absolute atomic E-state index is 11.8. The van der Waals surface area contributed by atoms with Gasteiger partial charge in [0, 0.05) is 7.05 Å². The van der Waals surface area contributed by atoms with E-state index in [-0.39, 0.29) is 12.2 Å². The van der Waals surface area contributed by atoms with Gasteiger partial charge in [0.15, 0.2) is 0 Å². The molecule has 1 aliphatic rings. The lowest BCUT2D eigenvalue weighted by Gasteiger charge is -2.25. The Kier molecular flexibility index (Phi) is 3.77. The number of ether oxygens (including phenoxy) is 1. The number of carbonyl (C=O) groups excluding carboxylic acids is 2. The fourth-order valence-corrected chi connectivity index (χ4v) is 1.43. The van der Waals surface area contributed by atoms with Gasteiger partial charge in [0.25, 0.3) is 5.91 Å². The van der Waals surface area contributed by atoms with Crippen LogP contribution >= 0.6 is 0 Å². The second kappa shape index (κ2) is 4.75. The van der Waals surface area contributed by atoms with Crippen molar-refractivity contribution in [2.24, 2.45) is 0 Å². The monoisotopic (exact) mass is 242 g/mol. The van der Waals surface area contributed by atoms with E-state index in [4.69, 9.17) is 4.74 Å². The summed E-state index contributed by atoms with van der Waals surface area (Å²) in [5.41, 5.74) is -0.521. The molecular weight excluding hydrogens is 224 g/mol. The third kappa shape index (κ3) is 3.45. The van der Waals surface area contributed by atoms with Crippen molar-refractivity contribution >= 4 is 12.0 Å². The molecule has 0 fully saturated rings. The molecule has 0 aromatic rings. The van der Waals surface area contributed by atoms with E-state index in [2.05, 4.69) is 5.32 Å². The number of rotatable bonds is 1. The van der Waals surface area contributed by atoms with Crippen LogP contribution in [0.1, 0.15) is 20.8 Å². The van der Waals surface area contributed by atoms with Crippen molar-refractivity contribution in [1.29, 1.82) is 0 Å². The molecule has 0 radical (unpaired) electrons. The highest BCUT2D eigenvalue weighted by atomic mass is 16.6. The highest BCUT2D eigenvalue weighted by Crippen LogP contribution is 2.19. The summed E-state index contributed by atoms with van der Waals surface area (Å²) in [5, 5.41) is 11.9. The lowest BCUT2D eigenvalue weighted by molar-refractivity contribution is -0.118. The van der Waals surface area contributed by atoms with E-state index in [1.54, 1.807) is 20.8 Å². The van der Waals surface area contributed by atoms with Crippen LogP contribution in [0.25, 0.3) is 0 Å². The molecule has 0 bridgehead atoms. The minimum absolute atomic E-state index is 0.0394. The van der Waals surface area contributed by atoms with E-state index in [1.807, 2.05) is 0 Å². The highest BCUT2D eigenvalue weighted by molar-refractivity contribution is 5.96. The lowest BCUT2D eigenvalue weighted by atomic mass is 10.2. The van der Waals surface area contributed by atoms with E-state index >= 15 is 0 Å². The van der Waals surface area contributed by atoms with Crippen LogP contribution in [0, 0.1) is 0 Å². The molecule has 0 spiro atoms. The maximum atomic E-state index is 11.8. The van der Waals surface area contributed by atoms with Crippen molar-refractivity contribution in [3.8, 4) is 0 Å². The number of nitrogens with zero attached hydrogens (tertiary/aromatic N) is 1. The fraction of sp³-hybridized carbons (Fsp3) is 0.636. The van der Waals surface area contributed by atoms with Crippen LogP contribution < -0.4 is 5.32 Å². The number of nitrogens with one attached hydrogen (secondary N) is 1. The Morgan fingerprint density at radius 2 is 2.12 bits per heavy atom. The summed E-state index contributed by atoms with van der Waals surface area (Å²) in [6, 6.07) is 0. The molecule has 1 heterocycles. The molecule has 1 atom stereocenters. The molecule has 17 heavy (non-hydrogen) atoms. The predicted octanol–water partition coefficient (Wildman–Crippen LogP) is 0.228. The Bertz CT molecular complexity index is 357. The molecule has 0 saturated carbocycles. The molecule has 0 aliphatic carbocycles. The number of likely N-dealkylation sites (N-methyl/N-ethyl adjacent to an activating group) is 1. The topological polar surface area (TPSA) is 78.9 Å². The molecule has 0 aromatic carbocycles. The van der Waals surface area contributed by atoms with Crippen molar-refractivity contribution in [1.82, 2.24) is 10.2 Å². The van der Waals surface area contributed by atoms with Gasteiger partial charge in [-0.15, -0.1) is 0 Å². The number of hydrogen-bond donors (Lipinski definition) is 2. The molecule has 1 aliphatic heterocycles. The average Bonchev–Trinajstić information content (AvgIpc) is 2.56. The number of β-amino-alcohol motifs (C(OH)–C–C–N with tert-alkyl or cyclic N) is 1. The zero-order valence-corrected chi connectivity index (χ0v) is 10.5. The molecule has 0 saturated heterocycles. The molecular formula is C11H18N2O4. The van der Waals surface area contributed by atoms with Crippen molar-refractivity contribution in [2.45, 2.75) is 32.5 Å². The zero-order chi connectivity index (χ0) is 13.2. The molecule has 2 amide bonds. The number of aliphatic hydroxyl groups excluding tert-OH is 1. The van der Waals surface area contributed by atoms with E-state index in [0.717, 1.165) is 4.90 Å². The van der Waals surface area contributed by atoms with Crippen LogP contribution in [0.4, 0.5) is 4.79 Å². The van der Waals surface area contributed by atoms with Crippen LogP contribution in [-0.4, -0.2) is 47.3 Å². The molecule has 0 aromatic heterocycles. The van der Waals surface area contributed by atoms with Gasteiger partial charge in [0.05, 0.1) is 12.6 Å². The van der Waals surface area contributed by atoms with E-state index < -0.39 is 23.7 Å². The largest absolute Gasteiger partial charge is 0.443 e. The van der Waals surface area contributed by atoms with Gasteiger partial charge in [-0.25, -0.2) is 4.79 Å². The minimum Gasteiger partial charge on any atom is -0.443 e. The second-order valence-corrected chi connectivity index (χ2v) is 4.79. The van der Waals surface area contributed by atoms with E-state index in [9.17, 15) is 14.7 Å². The van der Waals surface area contributed by atoms with Gasteiger partial charge in [0.1, 0.15) is 11.3 Å². The predicted molar refractivity (Wildman–Crippen MR) is 61.1 cm³/mol. The first-order chi connectivity index (χ1) is 7.74. The SMILES string of the molecule is CNC(=O)C1=C[C@@H](O)CN1C(=O)OC(C)(C)C. The Morgan fingerprint density at radius 3 is 2.59 bits per heavy atom. The first-order valence-corrected chi connectivity index (χ1v) is 5.37. The maximum Gasteiger partial charge on any atom is 0.415 e. The first kappa shape index (κ1) is 13.5. The number of aliphatic hydroxyl groups is 1. The lowest BCUT2D eigenvalue weighted by Crippen LogP contribution is -2.39. The first-order valence-electron chi connectivity index (χ1n) is 5.37. The third-order valence-electron chi connectivity index (χ3n) is 2.08. The molecule has 2 N–H and O–H groups in total.